The monoisotopic (exact) mass is 651 g/mol. The van der Waals surface area contributed by atoms with Gasteiger partial charge in [0.2, 0.25) is 0 Å². The summed E-state index contributed by atoms with van der Waals surface area (Å²) in [5.74, 6) is 0.313. The molecule has 0 spiro atoms. The van der Waals surface area contributed by atoms with Gasteiger partial charge < -0.3 is 19.8 Å². The van der Waals surface area contributed by atoms with E-state index in [0.29, 0.717) is 53.2 Å². The van der Waals surface area contributed by atoms with E-state index in [1.165, 1.54) is 6.07 Å². The first-order valence-electron chi connectivity index (χ1n) is 15.0. The maximum atomic E-state index is 16.7. The molecule has 1 aliphatic carbocycles. The number of pyridine rings is 1. The van der Waals surface area contributed by atoms with E-state index in [2.05, 4.69) is 35.7 Å². The van der Waals surface area contributed by atoms with Gasteiger partial charge in [-0.05, 0) is 65.5 Å². The number of benzene rings is 2. The number of fused-ring (bicyclic) bond motifs is 5. The Morgan fingerprint density at radius 3 is 2.77 bits per heavy atom. The second-order valence-corrected chi connectivity index (χ2v) is 13.5. The molecule has 224 valence electrons. The van der Waals surface area contributed by atoms with Crippen LogP contribution in [0.3, 0.4) is 0 Å². The lowest BCUT2D eigenvalue weighted by Gasteiger charge is -2.34. The summed E-state index contributed by atoms with van der Waals surface area (Å²) >= 11 is 3.44. The summed E-state index contributed by atoms with van der Waals surface area (Å²) in [6.07, 6.45) is 4.27. The molecule has 5 heterocycles. The first-order valence-corrected chi connectivity index (χ1v) is 15.8. The van der Waals surface area contributed by atoms with Crippen molar-refractivity contribution in [2.24, 2.45) is 11.8 Å². The zero-order valence-corrected chi connectivity index (χ0v) is 25.1. The Labute approximate surface area is 255 Å². The SMILES string of the molecule is Oc1cc(-c2ncc3c(N4C[C@@H]5C[C@H](C4)[C@H](O)C5)nc(OC[C@@]45CCCN4C[C@H](F)C5)nc3c2F)c2ccccc2c1Br. The van der Waals surface area contributed by atoms with Crippen LogP contribution in [0.15, 0.2) is 41.0 Å². The zero-order valence-electron chi connectivity index (χ0n) is 23.5. The van der Waals surface area contributed by atoms with Crippen LogP contribution in [0.2, 0.25) is 0 Å². The van der Waals surface area contributed by atoms with Gasteiger partial charge in [-0.1, -0.05) is 24.3 Å². The molecule has 8 nitrogen and oxygen atoms in total. The van der Waals surface area contributed by atoms with E-state index in [-0.39, 0.29) is 41.6 Å². The Hall–Kier alpha value is -3.15. The van der Waals surface area contributed by atoms with Crippen LogP contribution in [0.1, 0.15) is 32.1 Å². The van der Waals surface area contributed by atoms with Gasteiger partial charge in [0.15, 0.2) is 5.82 Å². The van der Waals surface area contributed by atoms with Gasteiger partial charge in [0.25, 0.3) is 0 Å². The number of rotatable bonds is 5. The van der Waals surface area contributed by atoms with E-state index < -0.39 is 17.5 Å². The molecule has 2 aromatic carbocycles. The molecule has 0 amide bonds. The fourth-order valence-electron chi connectivity index (χ4n) is 8.09. The standard InChI is InChI=1S/C32H32BrF2N5O3/c33-26-21-5-2-1-4-20(21)22(10-25(26)42)28-27(35)29-23(12-36-28)30(39-13-17-8-18(14-39)24(41)9-17)38-31(37-29)43-16-32-6-3-7-40(32)15-19(34)11-32/h1-2,4-5,10,12,17-19,24,41-42H,3,6-9,11,13-16H2/t17-,18-,19-,24-,32+/m1/s1. The second-order valence-electron chi connectivity index (χ2n) is 12.7. The molecule has 8 rings (SSSR count). The van der Waals surface area contributed by atoms with Crippen LogP contribution in [0.25, 0.3) is 32.9 Å². The van der Waals surface area contributed by atoms with E-state index in [4.69, 9.17) is 9.72 Å². The fraction of sp³-hybridized carbons (Fsp3) is 0.469. The third-order valence-electron chi connectivity index (χ3n) is 10.1. The minimum absolute atomic E-state index is 0.0205. The van der Waals surface area contributed by atoms with E-state index in [9.17, 15) is 14.6 Å². The third kappa shape index (κ3) is 4.45. The van der Waals surface area contributed by atoms with Crippen LogP contribution in [-0.4, -0.2) is 80.7 Å². The Morgan fingerprint density at radius 1 is 1.09 bits per heavy atom. The average molecular weight is 653 g/mol. The molecule has 5 atom stereocenters. The average Bonchev–Trinajstić information content (AvgIpc) is 3.62. The summed E-state index contributed by atoms with van der Waals surface area (Å²) < 4.78 is 37.9. The minimum Gasteiger partial charge on any atom is -0.507 e. The topological polar surface area (TPSA) is 94.8 Å². The molecule has 4 fully saturated rings. The quantitative estimate of drug-likeness (QED) is 0.287. The fourth-order valence-corrected chi connectivity index (χ4v) is 8.55. The molecule has 4 aliphatic rings. The van der Waals surface area contributed by atoms with E-state index in [1.807, 2.05) is 24.3 Å². The lowest BCUT2D eigenvalue weighted by Crippen LogP contribution is -2.43. The van der Waals surface area contributed by atoms with Crippen molar-refractivity contribution < 1.29 is 23.7 Å². The molecule has 43 heavy (non-hydrogen) atoms. The summed E-state index contributed by atoms with van der Waals surface area (Å²) in [5, 5.41) is 23.2. The van der Waals surface area contributed by atoms with Gasteiger partial charge in [0, 0.05) is 49.1 Å². The highest BCUT2D eigenvalue weighted by molar-refractivity contribution is 9.10. The van der Waals surface area contributed by atoms with Crippen LogP contribution in [0.4, 0.5) is 14.6 Å². The molecule has 0 radical (unpaired) electrons. The number of nitrogens with zero attached hydrogens (tertiary/aromatic N) is 5. The molecular formula is C32H32BrF2N5O3. The van der Waals surface area contributed by atoms with Crippen molar-refractivity contribution in [2.75, 3.05) is 37.7 Å². The van der Waals surface area contributed by atoms with Gasteiger partial charge in [0.1, 0.15) is 35.6 Å². The third-order valence-corrected chi connectivity index (χ3v) is 10.9. The number of aromatic hydroxyl groups is 1. The Kier molecular flexibility index (Phi) is 6.50. The van der Waals surface area contributed by atoms with Crippen molar-refractivity contribution in [1.82, 2.24) is 19.9 Å². The summed E-state index contributed by atoms with van der Waals surface area (Å²) in [7, 11) is 0. The number of aliphatic hydroxyl groups excluding tert-OH is 1. The molecule has 2 aromatic heterocycles. The van der Waals surface area contributed by atoms with Crippen molar-refractivity contribution in [2.45, 2.75) is 49.9 Å². The van der Waals surface area contributed by atoms with Crippen molar-refractivity contribution in [3.8, 4) is 23.0 Å². The first-order chi connectivity index (χ1) is 20.8. The largest absolute Gasteiger partial charge is 0.507 e. The van der Waals surface area contributed by atoms with Gasteiger partial charge in [-0.25, -0.2) is 8.78 Å². The highest BCUT2D eigenvalue weighted by atomic mass is 79.9. The summed E-state index contributed by atoms with van der Waals surface area (Å²) in [4.78, 5) is 18.2. The highest BCUT2D eigenvalue weighted by Gasteiger charge is 2.49. The van der Waals surface area contributed by atoms with Crippen LogP contribution < -0.4 is 9.64 Å². The second kappa shape index (κ2) is 10.2. The molecule has 2 N–H and O–H groups in total. The predicted molar refractivity (Wildman–Crippen MR) is 163 cm³/mol. The van der Waals surface area contributed by atoms with Gasteiger partial charge in [-0.3, -0.25) is 9.88 Å². The number of halogens is 3. The normalized spacial score (nSPS) is 28.7. The number of phenols is 1. The van der Waals surface area contributed by atoms with Gasteiger partial charge >= 0.3 is 6.01 Å². The highest BCUT2D eigenvalue weighted by Crippen LogP contribution is 2.44. The molecule has 1 saturated carbocycles. The number of alkyl halides is 1. The molecule has 3 aliphatic heterocycles. The van der Waals surface area contributed by atoms with Crippen molar-refractivity contribution >= 4 is 43.4 Å². The number of anilines is 1. The number of phenolic OH excluding ortho intramolecular Hbond substituents is 1. The maximum Gasteiger partial charge on any atom is 0.319 e. The number of hydrogen-bond donors (Lipinski definition) is 2. The molecule has 4 aromatic rings. The van der Waals surface area contributed by atoms with Crippen LogP contribution in [0.5, 0.6) is 11.8 Å². The molecule has 11 heteroatoms. The van der Waals surface area contributed by atoms with E-state index in [0.717, 1.165) is 43.0 Å². The number of aromatic nitrogens is 3. The summed E-state index contributed by atoms with van der Waals surface area (Å²) in [6.45, 7) is 2.76. The van der Waals surface area contributed by atoms with Crippen LogP contribution >= 0.6 is 15.9 Å². The summed E-state index contributed by atoms with van der Waals surface area (Å²) in [5.41, 5.74) is 0.179. The van der Waals surface area contributed by atoms with E-state index in [1.54, 1.807) is 6.20 Å². The van der Waals surface area contributed by atoms with Gasteiger partial charge in [0.05, 0.1) is 21.5 Å². The maximum absolute atomic E-state index is 16.7. The molecular weight excluding hydrogens is 620 g/mol. The minimum atomic E-state index is -0.893. The molecule has 3 saturated heterocycles. The first kappa shape index (κ1) is 27.4. The van der Waals surface area contributed by atoms with Crippen molar-refractivity contribution in [3.05, 3.63) is 46.8 Å². The Morgan fingerprint density at radius 2 is 1.93 bits per heavy atom. The summed E-state index contributed by atoms with van der Waals surface area (Å²) in [6, 6.07) is 8.98. The number of hydrogen-bond acceptors (Lipinski definition) is 8. The van der Waals surface area contributed by atoms with Gasteiger partial charge in [-0.2, -0.15) is 9.97 Å². The number of ether oxygens (including phenoxy) is 1. The van der Waals surface area contributed by atoms with Crippen LogP contribution in [0, 0.1) is 17.7 Å². The predicted octanol–water partition coefficient (Wildman–Crippen LogP) is 5.61. The zero-order chi connectivity index (χ0) is 29.5. The lowest BCUT2D eigenvalue weighted by atomic mass is 9.95. The Balaban J connectivity index is 1.25. The molecule has 0 unspecified atom stereocenters. The smallest absolute Gasteiger partial charge is 0.319 e. The van der Waals surface area contributed by atoms with Crippen molar-refractivity contribution in [3.63, 3.8) is 0 Å². The van der Waals surface area contributed by atoms with Crippen LogP contribution in [-0.2, 0) is 0 Å². The Bertz CT molecular complexity index is 1760. The van der Waals surface area contributed by atoms with Gasteiger partial charge in [-0.15, -0.1) is 0 Å². The molecule has 2 bridgehead atoms. The number of piperidine rings is 1. The van der Waals surface area contributed by atoms with Crippen molar-refractivity contribution in [1.29, 1.82) is 0 Å². The lowest BCUT2D eigenvalue weighted by molar-refractivity contribution is 0.107. The van der Waals surface area contributed by atoms with E-state index >= 15 is 4.39 Å². The number of aliphatic hydroxyl groups is 1.